The second-order valence-corrected chi connectivity index (χ2v) is 8.42. The first kappa shape index (κ1) is 19.0. The maximum absolute atomic E-state index is 12.7. The maximum Gasteiger partial charge on any atom is 0.248 e. The van der Waals surface area contributed by atoms with Gasteiger partial charge in [0, 0.05) is 6.26 Å². The van der Waals surface area contributed by atoms with Crippen LogP contribution in [0.25, 0.3) is 11.0 Å². The Bertz CT molecular complexity index is 860. The molecule has 1 fully saturated rings. The SMILES string of the molecule is CS(=O)(=O)C1(C(=O)Nc2nc3c(Cl)cccc3[nH]2)CCNCC1.Cl. The minimum atomic E-state index is -3.56. The first-order valence-corrected chi connectivity index (χ1v) is 9.46. The number of nitrogens with zero attached hydrogens (tertiary/aromatic N) is 1. The Hall–Kier alpha value is -1.35. The van der Waals surface area contributed by atoms with E-state index in [-0.39, 0.29) is 31.2 Å². The Labute approximate surface area is 150 Å². The highest BCUT2D eigenvalue weighted by molar-refractivity contribution is 7.92. The fourth-order valence-corrected chi connectivity index (χ4v) is 4.42. The molecule has 0 unspecified atom stereocenters. The van der Waals surface area contributed by atoms with Crippen LogP contribution in [-0.2, 0) is 14.6 Å². The summed E-state index contributed by atoms with van der Waals surface area (Å²) in [5, 5.41) is 6.14. The molecule has 0 spiro atoms. The molecule has 1 aromatic heterocycles. The summed E-state index contributed by atoms with van der Waals surface area (Å²) < 4.78 is 23.0. The number of fused-ring (bicyclic) bond motifs is 1. The minimum absolute atomic E-state index is 0. The quantitative estimate of drug-likeness (QED) is 0.737. The lowest BCUT2D eigenvalue weighted by atomic mass is 9.96. The van der Waals surface area contributed by atoms with Gasteiger partial charge in [0.1, 0.15) is 5.52 Å². The normalized spacial score (nSPS) is 17.2. The summed E-state index contributed by atoms with van der Waals surface area (Å²) in [4.78, 5) is 19.9. The lowest BCUT2D eigenvalue weighted by Crippen LogP contribution is -2.55. The van der Waals surface area contributed by atoms with Crippen LogP contribution in [0.4, 0.5) is 5.95 Å². The largest absolute Gasteiger partial charge is 0.324 e. The average molecular weight is 393 g/mol. The molecule has 24 heavy (non-hydrogen) atoms. The van der Waals surface area contributed by atoms with E-state index in [0.29, 0.717) is 29.1 Å². The molecule has 1 saturated heterocycles. The number of anilines is 1. The number of benzene rings is 1. The first-order valence-electron chi connectivity index (χ1n) is 7.19. The highest BCUT2D eigenvalue weighted by Crippen LogP contribution is 2.30. The van der Waals surface area contributed by atoms with E-state index in [4.69, 9.17) is 11.6 Å². The van der Waals surface area contributed by atoms with E-state index in [2.05, 4.69) is 20.6 Å². The highest BCUT2D eigenvalue weighted by Gasteiger charge is 2.48. The molecule has 7 nitrogen and oxygen atoms in total. The van der Waals surface area contributed by atoms with E-state index < -0.39 is 20.5 Å². The zero-order valence-electron chi connectivity index (χ0n) is 12.9. The number of carbonyl (C=O) groups is 1. The van der Waals surface area contributed by atoms with Crippen LogP contribution in [0.15, 0.2) is 18.2 Å². The standard InChI is InChI=1S/C14H17ClN4O3S.ClH/c1-23(21,22)14(5-7-16-8-6-14)12(20)19-13-17-10-4-2-3-9(15)11(10)18-13;/h2-4,16H,5-8H2,1H3,(H2,17,18,19,20);1H. The predicted molar refractivity (Wildman–Crippen MR) is 96.7 cm³/mol. The molecule has 1 aromatic carbocycles. The van der Waals surface area contributed by atoms with Gasteiger partial charge in [0.25, 0.3) is 0 Å². The van der Waals surface area contributed by atoms with Gasteiger partial charge >= 0.3 is 0 Å². The lowest BCUT2D eigenvalue weighted by molar-refractivity contribution is -0.119. The molecule has 0 radical (unpaired) electrons. The van der Waals surface area contributed by atoms with Gasteiger partial charge in [-0.2, -0.15) is 0 Å². The maximum atomic E-state index is 12.7. The van der Waals surface area contributed by atoms with Crippen molar-refractivity contribution in [3.63, 3.8) is 0 Å². The molecule has 2 aromatic rings. The monoisotopic (exact) mass is 392 g/mol. The third-order valence-electron chi connectivity index (χ3n) is 4.23. The van der Waals surface area contributed by atoms with Crippen LogP contribution in [0.1, 0.15) is 12.8 Å². The van der Waals surface area contributed by atoms with Gasteiger partial charge in [-0.25, -0.2) is 13.4 Å². The van der Waals surface area contributed by atoms with E-state index in [0.717, 1.165) is 6.26 Å². The number of hydrogen-bond acceptors (Lipinski definition) is 5. The van der Waals surface area contributed by atoms with E-state index in [1.165, 1.54) is 0 Å². The first-order chi connectivity index (χ1) is 10.8. The van der Waals surface area contributed by atoms with Gasteiger partial charge in [0.05, 0.1) is 10.5 Å². The number of imidazole rings is 1. The van der Waals surface area contributed by atoms with E-state index >= 15 is 0 Å². The van der Waals surface area contributed by atoms with Crippen LogP contribution in [0.3, 0.4) is 0 Å². The fraction of sp³-hybridized carbons (Fsp3) is 0.429. The van der Waals surface area contributed by atoms with Crippen molar-refractivity contribution in [1.29, 1.82) is 0 Å². The average Bonchev–Trinajstić information content (AvgIpc) is 2.91. The van der Waals surface area contributed by atoms with Crippen LogP contribution >= 0.6 is 24.0 Å². The summed E-state index contributed by atoms with van der Waals surface area (Å²) in [5.74, 6) is -0.365. The molecule has 0 aliphatic carbocycles. The topological polar surface area (TPSA) is 104 Å². The summed E-state index contributed by atoms with van der Waals surface area (Å²) in [7, 11) is -3.56. The molecule has 10 heteroatoms. The second-order valence-electron chi connectivity index (χ2n) is 5.69. The zero-order chi connectivity index (χ0) is 16.7. The van der Waals surface area contributed by atoms with Crippen LogP contribution in [0, 0.1) is 0 Å². The molecule has 0 bridgehead atoms. The van der Waals surface area contributed by atoms with Gasteiger partial charge in [0.15, 0.2) is 14.6 Å². The third kappa shape index (κ3) is 3.23. The smallest absolute Gasteiger partial charge is 0.248 e. The number of aromatic nitrogens is 2. The number of piperidine rings is 1. The third-order valence-corrected chi connectivity index (χ3v) is 6.55. The summed E-state index contributed by atoms with van der Waals surface area (Å²) in [5.41, 5.74) is 1.20. The Morgan fingerprint density at radius 2 is 2.00 bits per heavy atom. The van der Waals surface area contributed by atoms with Crippen LogP contribution in [0.2, 0.25) is 5.02 Å². The van der Waals surface area contributed by atoms with Gasteiger partial charge < -0.3 is 10.3 Å². The summed E-state index contributed by atoms with van der Waals surface area (Å²) in [6.07, 6.45) is 1.57. The number of hydrogen-bond donors (Lipinski definition) is 3. The van der Waals surface area contributed by atoms with Crippen LogP contribution in [-0.4, -0.2) is 48.4 Å². The number of sulfone groups is 1. The molecule has 3 N–H and O–H groups in total. The van der Waals surface area contributed by atoms with Gasteiger partial charge in [-0.15, -0.1) is 12.4 Å². The van der Waals surface area contributed by atoms with Crippen molar-refractivity contribution in [1.82, 2.24) is 15.3 Å². The predicted octanol–water partition coefficient (Wildman–Crippen LogP) is 1.74. The number of carbonyl (C=O) groups excluding carboxylic acids is 1. The molecule has 0 atom stereocenters. The van der Waals surface area contributed by atoms with Gasteiger partial charge in [-0.05, 0) is 38.1 Å². The number of para-hydroxylation sites is 1. The van der Waals surface area contributed by atoms with Crippen molar-refractivity contribution in [2.24, 2.45) is 0 Å². The van der Waals surface area contributed by atoms with Crippen molar-refractivity contribution in [2.75, 3.05) is 24.7 Å². The van der Waals surface area contributed by atoms with Crippen molar-refractivity contribution in [3.8, 4) is 0 Å². The summed E-state index contributed by atoms with van der Waals surface area (Å²) in [6, 6.07) is 5.24. The Kier molecular flexibility index (Phi) is 5.44. The number of halogens is 2. The van der Waals surface area contributed by atoms with Gasteiger partial charge in [-0.3, -0.25) is 10.1 Å². The zero-order valence-corrected chi connectivity index (χ0v) is 15.3. The number of rotatable bonds is 3. The van der Waals surface area contributed by atoms with Crippen molar-refractivity contribution in [3.05, 3.63) is 23.2 Å². The van der Waals surface area contributed by atoms with Crippen molar-refractivity contribution < 1.29 is 13.2 Å². The molecular formula is C14H18Cl2N4O3S. The van der Waals surface area contributed by atoms with Crippen molar-refractivity contribution in [2.45, 2.75) is 17.6 Å². The Balaban J connectivity index is 0.00000208. The molecular weight excluding hydrogens is 375 g/mol. The van der Waals surface area contributed by atoms with Gasteiger partial charge in [0.2, 0.25) is 11.9 Å². The fourth-order valence-electron chi connectivity index (χ4n) is 2.87. The summed E-state index contributed by atoms with van der Waals surface area (Å²) >= 11 is 6.06. The van der Waals surface area contributed by atoms with Crippen molar-refractivity contribution >= 4 is 56.7 Å². The second kappa shape index (κ2) is 6.87. The van der Waals surface area contributed by atoms with E-state index in [1.807, 2.05) is 0 Å². The number of nitrogens with one attached hydrogen (secondary N) is 3. The van der Waals surface area contributed by atoms with E-state index in [1.54, 1.807) is 18.2 Å². The summed E-state index contributed by atoms with van der Waals surface area (Å²) in [6.45, 7) is 0.957. The molecule has 1 amide bonds. The molecule has 1 aliphatic heterocycles. The highest BCUT2D eigenvalue weighted by atomic mass is 35.5. The van der Waals surface area contributed by atoms with Crippen LogP contribution in [0.5, 0.6) is 0 Å². The molecule has 0 saturated carbocycles. The Morgan fingerprint density at radius 3 is 2.58 bits per heavy atom. The van der Waals surface area contributed by atoms with Gasteiger partial charge in [-0.1, -0.05) is 17.7 Å². The minimum Gasteiger partial charge on any atom is -0.324 e. The number of amides is 1. The molecule has 132 valence electrons. The molecule has 1 aliphatic rings. The van der Waals surface area contributed by atoms with Crippen LogP contribution < -0.4 is 10.6 Å². The number of aromatic amines is 1. The van der Waals surface area contributed by atoms with E-state index in [9.17, 15) is 13.2 Å². The number of H-pyrrole nitrogens is 1. The molecule has 3 rings (SSSR count). The Morgan fingerprint density at radius 1 is 1.33 bits per heavy atom. The molecule has 2 heterocycles. The lowest BCUT2D eigenvalue weighted by Gasteiger charge is -2.33.